The zero-order valence-corrected chi connectivity index (χ0v) is 11.2. The summed E-state index contributed by atoms with van der Waals surface area (Å²) in [4.78, 5) is 16.5. The molecule has 1 aromatic carbocycles. The van der Waals surface area contributed by atoms with Crippen molar-refractivity contribution >= 4 is 39.8 Å². The van der Waals surface area contributed by atoms with E-state index in [1.807, 2.05) is 12.1 Å². The van der Waals surface area contributed by atoms with Crippen LogP contribution in [0.25, 0.3) is 21.5 Å². The van der Waals surface area contributed by atoms with Gasteiger partial charge in [-0.1, -0.05) is 29.8 Å². The number of carbonyl (C=O) groups excluding carboxylic acids is 1. The summed E-state index contributed by atoms with van der Waals surface area (Å²) in [5.41, 5.74) is 1.36. The Balaban J connectivity index is 2.30. The number of benzene rings is 1. The van der Waals surface area contributed by atoms with Gasteiger partial charge in [-0.3, -0.25) is 0 Å². The normalized spacial score (nSPS) is 10.8. The third kappa shape index (κ3) is 2.20. The maximum atomic E-state index is 11.2. The Bertz CT molecular complexity index is 782. The van der Waals surface area contributed by atoms with E-state index in [2.05, 4.69) is 4.98 Å². The second-order valence-electron chi connectivity index (χ2n) is 3.96. The highest BCUT2D eigenvalue weighted by Gasteiger charge is 2.09. The Labute approximate surface area is 118 Å². The number of halogens is 1. The molecule has 0 spiro atoms. The lowest BCUT2D eigenvalue weighted by Crippen LogP contribution is -2.22. The molecule has 0 fully saturated rings. The van der Waals surface area contributed by atoms with Gasteiger partial charge >= 0.3 is 0 Å². The number of hydrogen-bond donors (Lipinski definition) is 0. The number of carboxylic acids is 1. The zero-order chi connectivity index (χ0) is 13.4. The van der Waals surface area contributed by atoms with Crippen LogP contribution in [0, 0.1) is 0 Å². The molecule has 0 aliphatic heterocycles. The number of aromatic carboxylic acids is 1. The fourth-order valence-corrected chi connectivity index (χ4v) is 2.93. The summed E-state index contributed by atoms with van der Waals surface area (Å²) in [6.45, 7) is 0. The van der Waals surface area contributed by atoms with Gasteiger partial charge in [0.1, 0.15) is 0 Å². The van der Waals surface area contributed by atoms with Gasteiger partial charge in [0.2, 0.25) is 0 Å². The van der Waals surface area contributed by atoms with Crippen molar-refractivity contribution in [1.82, 2.24) is 4.98 Å². The maximum Gasteiger partial charge on any atom is 0.0935 e. The fourth-order valence-electron chi connectivity index (χ4n) is 1.92. The monoisotopic (exact) mass is 288 g/mol. The zero-order valence-electron chi connectivity index (χ0n) is 9.59. The molecule has 0 atom stereocenters. The number of rotatable bonds is 2. The van der Waals surface area contributed by atoms with Crippen LogP contribution < -0.4 is 5.11 Å². The summed E-state index contributed by atoms with van der Waals surface area (Å²) in [5.74, 6) is -1.21. The van der Waals surface area contributed by atoms with Crippen LogP contribution in [0.2, 0.25) is 4.34 Å². The van der Waals surface area contributed by atoms with Gasteiger partial charge in [-0.15, -0.1) is 11.3 Å². The number of fused-ring (bicyclic) bond motifs is 1. The molecule has 94 valence electrons. The molecule has 0 saturated heterocycles. The fraction of sp³-hybridized carbons (Fsp3) is 0. The first-order chi connectivity index (χ1) is 9.15. The molecule has 0 unspecified atom stereocenters. The van der Waals surface area contributed by atoms with Crippen LogP contribution in [0.15, 0.2) is 42.5 Å². The van der Waals surface area contributed by atoms with Crippen LogP contribution in [-0.2, 0) is 0 Å². The minimum atomic E-state index is -1.21. The number of carbonyl (C=O) groups is 1. The third-order valence-electron chi connectivity index (χ3n) is 2.76. The summed E-state index contributed by atoms with van der Waals surface area (Å²) in [7, 11) is 0. The smallest absolute Gasteiger partial charge is 0.0935 e. The Morgan fingerprint density at radius 1 is 1.21 bits per heavy atom. The second-order valence-corrected chi connectivity index (χ2v) is 5.68. The Morgan fingerprint density at radius 3 is 2.68 bits per heavy atom. The average Bonchev–Trinajstić information content (AvgIpc) is 2.84. The van der Waals surface area contributed by atoms with Gasteiger partial charge in [-0.25, -0.2) is 4.98 Å². The number of nitrogens with zero attached hydrogens (tertiary/aromatic N) is 1. The molecule has 0 saturated carbocycles. The molecule has 0 aliphatic rings. The van der Waals surface area contributed by atoms with E-state index in [0.29, 0.717) is 20.9 Å². The Morgan fingerprint density at radius 2 is 2.00 bits per heavy atom. The molecule has 3 rings (SSSR count). The molecule has 3 aromatic rings. The second kappa shape index (κ2) is 4.64. The number of carboxylic acid groups (broad SMARTS) is 1. The molecule has 5 heteroatoms. The number of aromatic nitrogens is 1. The van der Waals surface area contributed by atoms with Crippen LogP contribution in [0.5, 0.6) is 0 Å². The van der Waals surface area contributed by atoms with Gasteiger partial charge in [-0.2, -0.15) is 0 Å². The predicted molar refractivity (Wildman–Crippen MR) is 74.4 cm³/mol. The van der Waals surface area contributed by atoms with Crippen molar-refractivity contribution in [3.63, 3.8) is 0 Å². The van der Waals surface area contributed by atoms with E-state index in [-0.39, 0.29) is 5.56 Å². The van der Waals surface area contributed by atoms with E-state index in [1.54, 1.807) is 24.3 Å². The molecule has 0 aliphatic carbocycles. The van der Waals surface area contributed by atoms with Crippen molar-refractivity contribution in [2.45, 2.75) is 0 Å². The van der Waals surface area contributed by atoms with Gasteiger partial charge in [-0.05, 0) is 24.3 Å². The predicted octanol–water partition coefficient (Wildman–Crippen LogP) is 2.98. The third-order valence-corrected chi connectivity index (χ3v) is 4.02. The largest absolute Gasteiger partial charge is 0.545 e. The average molecular weight is 289 g/mol. The SMILES string of the molecule is O=C([O-])c1cc(-c2ccc(Cl)s2)nc2ccccc12. The van der Waals surface area contributed by atoms with Gasteiger partial charge in [0.05, 0.1) is 26.4 Å². The van der Waals surface area contributed by atoms with E-state index in [4.69, 9.17) is 11.6 Å². The van der Waals surface area contributed by atoms with E-state index in [9.17, 15) is 9.90 Å². The standard InChI is InChI=1S/C14H8ClNO2S/c15-13-6-5-12(19-13)11-7-9(14(17)18)8-3-1-2-4-10(8)16-11/h1-7H,(H,17,18)/p-1. The van der Waals surface area contributed by atoms with Gasteiger partial charge in [0, 0.05) is 10.9 Å². The molecule has 2 heterocycles. The minimum absolute atomic E-state index is 0.144. The maximum absolute atomic E-state index is 11.2. The first-order valence-electron chi connectivity index (χ1n) is 5.52. The summed E-state index contributed by atoms with van der Waals surface area (Å²) in [5, 5.41) is 11.8. The highest BCUT2D eigenvalue weighted by Crippen LogP contribution is 2.32. The van der Waals surface area contributed by atoms with Crippen molar-refractivity contribution in [2.24, 2.45) is 0 Å². The Hall–Kier alpha value is -1.91. The van der Waals surface area contributed by atoms with Crippen LogP contribution in [0.4, 0.5) is 0 Å². The van der Waals surface area contributed by atoms with Crippen LogP contribution in [0.3, 0.4) is 0 Å². The molecule has 0 N–H and O–H groups in total. The molecular formula is C14H7ClNO2S-. The van der Waals surface area contributed by atoms with Crippen LogP contribution >= 0.6 is 22.9 Å². The van der Waals surface area contributed by atoms with Crippen LogP contribution in [0.1, 0.15) is 10.4 Å². The van der Waals surface area contributed by atoms with Gasteiger partial charge in [0.15, 0.2) is 0 Å². The summed E-state index contributed by atoms with van der Waals surface area (Å²) < 4.78 is 0.639. The summed E-state index contributed by atoms with van der Waals surface area (Å²) >= 11 is 7.25. The van der Waals surface area contributed by atoms with Crippen LogP contribution in [-0.4, -0.2) is 11.0 Å². The lowest BCUT2D eigenvalue weighted by atomic mass is 10.1. The lowest BCUT2D eigenvalue weighted by Gasteiger charge is -2.09. The van der Waals surface area contributed by atoms with Gasteiger partial charge < -0.3 is 9.90 Å². The highest BCUT2D eigenvalue weighted by atomic mass is 35.5. The first kappa shape index (κ1) is 12.1. The highest BCUT2D eigenvalue weighted by molar-refractivity contribution is 7.19. The van der Waals surface area contributed by atoms with E-state index in [0.717, 1.165) is 4.88 Å². The van der Waals surface area contributed by atoms with Crippen molar-refractivity contribution in [1.29, 1.82) is 0 Å². The molecule has 0 radical (unpaired) electrons. The number of para-hydroxylation sites is 1. The Kier molecular flexibility index (Phi) is 2.97. The van der Waals surface area contributed by atoms with Crippen molar-refractivity contribution in [2.75, 3.05) is 0 Å². The summed E-state index contributed by atoms with van der Waals surface area (Å²) in [6.07, 6.45) is 0. The van der Waals surface area contributed by atoms with Crippen molar-refractivity contribution in [3.05, 3.63) is 52.4 Å². The summed E-state index contributed by atoms with van der Waals surface area (Å²) in [6, 6.07) is 12.2. The van der Waals surface area contributed by atoms with E-state index >= 15 is 0 Å². The lowest BCUT2D eigenvalue weighted by molar-refractivity contribution is -0.254. The number of thiophene rings is 1. The van der Waals surface area contributed by atoms with Crippen molar-refractivity contribution < 1.29 is 9.90 Å². The molecule has 0 amide bonds. The minimum Gasteiger partial charge on any atom is -0.545 e. The molecule has 0 bridgehead atoms. The van der Waals surface area contributed by atoms with E-state index < -0.39 is 5.97 Å². The number of hydrogen-bond acceptors (Lipinski definition) is 4. The topological polar surface area (TPSA) is 53.0 Å². The van der Waals surface area contributed by atoms with Gasteiger partial charge in [0.25, 0.3) is 0 Å². The molecule has 3 nitrogen and oxygen atoms in total. The number of pyridine rings is 1. The first-order valence-corrected chi connectivity index (χ1v) is 6.71. The quantitative estimate of drug-likeness (QED) is 0.728. The molecule has 2 aromatic heterocycles. The molecular weight excluding hydrogens is 282 g/mol. The van der Waals surface area contributed by atoms with Crippen molar-refractivity contribution in [3.8, 4) is 10.6 Å². The van der Waals surface area contributed by atoms with E-state index in [1.165, 1.54) is 17.4 Å². The molecule has 19 heavy (non-hydrogen) atoms.